The number of benzene rings is 1. The summed E-state index contributed by atoms with van der Waals surface area (Å²) >= 11 is 0. The summed E-state index contributed by atoms with van der Waals surface area (Å²) in [6.07, 6.45) is 0.184. The number of carboxylic acids is 1. The predicted molar refractivity (Wildman–Crippen MR) is 85.8 cm³/mol. The number of hydrogen-bond acceptors (Lipinski definition) is 3. The fourth-order valence-electron chi connectivity index (χ4n) is 2.88. The highest BCUT2D eigenvalue weighted by molar-refractivity contribution is 5.82. The molecule has 0 aliphatic rings. The number of nitrogens with zero attached hydrogens (tertiary/aromatic N) is 1. The van der Waals surface area contributed by atoms with Crippen molar-refractivity contribution >= 4 is 16.9 Å². The van der Waals surface area contributed by atoms with Crippen LogP contribution in [0.25, 0.3) is 10.9 Å². The van der Waals surface area contributed by atoms with Crippen molar-refractivity contribution in [3.63, 3.8) is 0 Å². The lowest BCUT2D eigenvalue weighted by atomic mass is 10.0. The summed E-state index contributed by atoms with van der Waals surface area (Å²) in [5.74, 6) is -0.284. The molecule has 0 aliphatic carbocycles. The molecule has 5 nitrogen and oxygen atoms in total. The van der Waals surface area contributed by atoms with Crippen LogP contribution in [-0.4, -0.2) is 22.8 Å². The van der Waals surface area contributed by atoms with Gasteiger partial charge in [-0.1, -0.05) is 0 Å². The van der Waals surface area contributed by atoms with E-state index in [-0.39, 0.29) is 24.3 Å². The van der Waals surface area contributed by atoms with Gasteiger partial charge in [0.15, 0.2) is 5.43 Å². The summed E-state index contributed by atoms with van der Waals surface area (Å²) in [5, 5.41) is 9.47. The first-order valence-electron chi connectivity index (χ1n) is 7.30. The second-order valence-electron chi connectivity index (χ2n) is 5.63. The molecule has 0 bridgehead atoms. The number of carboxylic acid groups (broad SMARTS) is 1. The van der Waals surface area contributed by atoms with Crippen LogP contribution in [0.15, 0.2) is 23.0 Å². The molecule has 5 heteroatoms. The van der Waals surface area contributed by atoms with E-state index in [0.717, 1.165) is 11.2 Å². The summed E-state index contributed by atoms with van der Waals surface area (Å²) in [6, 6.07) is 5.60. The number of hydrogen-bond donors (Lipinski definition) is 1. The molecule has 22 heavy (non-hydrogen) atoms. The van der Waals surface area contributed by atoms with Crippen LogP contribution in [0.2, 0.25) is 0 Å². The van der Waals surface area contributed by atoms with E-state index in [1.807, 2.05) is 32.9 Å². The minimum atomic E-state index is -0.902. The topological polar surface area (TPSA) is 68.5 Å². The molecule has 1 aromatic carbocycles. The molecular formula is C17H21NO4. The summed E-state index contributed by atoms with van der Waals surface area (Å²) in [4.78, 5) is 23.6. The molecular weight excluding hydrogens is 282 g/mol. The van der Waals surface area contributed by atoms with Crippen molar-refractivity contribution < 1.29 is 14.6 Å². The summed E-state index contributed by atoms with van der Waals surface area (Å²) < 4.78 is 7.28. The number of pyridine rings is 1. The van der Waals surface area contributed by atoms with E-state index in [4.69, 9.17) is 9.84 Å². The lowest BCUT2D eigenvalue weighted by Crippen LogP contribution is -2.21. The van der Waals surface area contributed by atoms with Crippen LogP contribution < -0.4 is 10.2 Å². The number of aliphatic carboxylic acids is 1. The molecule has 0 atom stereocenters. The summed E-state index contributed by atoms with van der Waals surface area (Å²) in [5.41, 5.74) is 2.14. The first kappa shape index (κ1) is 16.1. The Labute approximate surface area is 129 Å². The summed E-state index contributed by atoms with van der Waals surface area (Å²) in [6.45, 7) is 5.96. The molecule has 1 aromatic heterocycles. The Morgan fingerprint density at radius 1 is 1.36 bits per heavy atom. The van der Waals surface area contributed by atoms with Gasteiger partial charge in [-0.2, -0.15) is 0 Å². The predicted octanol–water partition coefficient (Wildman–Crippen LogP) is 2.92. The van der Waals surface area contributed by atoms with Crippen LogP contribution in [0.5, 0.6) is 5.75 Å². The number of methoxy groups -OCH3 is 1. The fourth-order valence-corrected chi connectivity index (χ4v) is 2.88. The third-order valence-electron chi connectivity index (χ3n) is 3.89. The molecule has 0 radical (unpaired) electrons. The molecule has 0 fully saturated rings. The zero-order chi connectivity index (χ0) is 16.4. The monoisotopic (exact) mass is 303 g/mol. The number of ether oxygens (including phenoxy) is 1. The number of rotatable bonds is 5. The maximum absolute atomic E-state index is 12.7. The normalized spacial score (nSPS) is 11.1. The first-order chi connectivity index (χ1) is 10.4. The maximum Gasteiger partial charge on any atom is 0.303 e. The van der Waals surface area contributed by atoms with Crippen molar-refractivity contribution in [1.82, 2.24) is 4.57 Å². The number of carbonyl (C=O) groups is 1. The minimum absolute atomic E-state index is 0.0519. The Bertz CT molecular complexity index is 774. The van der Waals surface area contributed by atoms with Gasteiger partial charge in [0.2, 0.25) is 0 Å². The first-order valence-corrected chi connectivity index (χ1v) is 7.30. The lowest BCUT2D eigenvalue weighted by Gasteiger charge is -2.21. The van der Waals surface area contributed by atoms with Crippen LogP contribution in [-0.2, 0) is 11.2 Å². The zero-order valence-electron chi connectivity index (χ0n) is 13.3. The molecule has 2 aromatic rings. The molecule has 2 rings (SSSR count). The van der Waals surface area contributed by atoms with Gasteiger partial charge in [-0.15, -0.1) is 0 Å². The average Bonchev–Trinajstić information content (AvgIpc) is 2.46. The lowest BCUT2D eigenvalue weighted by molar-refractivity contribution is -0.136. The Hall–Kier alpha value is -2.30. The van der Waals surface area contributed by atoms with E-state index in [9.17, 15) is 9.59 Å². The highest BCUT2D eigenvalue weighted by Crippen LogP contribution is 2.24. The van der Waals surface area contributed by atoms with Crippen LogP contribution >= 0.6 is 0 Å². The van der Waals surface area contributed by atoms with Crippen molar-refractivity contribution in [2.24, 2.45) is 0 Å². The van der Waals surface area contributed by atoms with Gasteiger partial charge in [-0.25, -0.2) is 0 Å². The van der Waals surface area contributed by atoms with Gasteiger partial charge in [0.25, 0.3) is 0 Å². The molecule has 0 aliphatic heterocycles. The Morgan fingerprint density at radius 2 is 2.05 bits per heavy atom. The Balaban J connectivity index is 2.79. The minimum Gasteiger partial charge on any atom is -0.497 e. The van der Waals surface area contributed by atoms with E-state index >= 15 is 0 Å². The van der Waals surface area contributed by atoms with Gasteiger partial charge in [0.05, 0.1) is 12.6 Å². The molecule has 0 saturated heterocycles. The maximum atomic E-state index is 12.7. The Morgan fingerprint density at radius 3 is 2.59 bits per heavy atom. The molecule has 0 saturated carbocycles. The van der Waals surface area contributed by atoms with Crippen LogP contribution in [0, 0.1) is 6.92 Å². The van der Waals surface area contributed by atoms with Crippen molar-refractivity contribution in [3.05, 3.63) is 39.7 Å². The third-order valence-corrected chi connectivity index (χ3v) is 3.89. The molecule has 0 unspecified atom stereocenters. The second-order valence-corrected chi connectivity index (χ2v) is 5.63. The van der Waals surface area contributed by atoms with Crippen molar-refractivity contribution in [2.45, 2.75) is 39.7 Å². The van der Waals surface area contributed by atoms with Crippen LogP contribution in [0.4, 0.5) is 0 Å². The highest BCUT2D eigenvalue weighted by Gasteiger charge is 2.17. The highest BCUT2D eigenvalue weighted by atomic mass is 16.5. The van der Waals surface area contributed by atoms with Crippen LogP contribution in [0.3, 0.4) is 0 Å². The standard InChI is InChI=1S/C17H21NO4/c1-10(2)18-11(3)13(6-8-16(19)20)17(21)14-9-12(22-4)5-7-15(14)18/h5,7,9-10H,6,8H2,1-4H3,(H,19,20). The van der Waals surface area contributed by atoms with Gasteiger partial charge in [0.1, 0.15) is 5.75 Å². The van der Waals surface area contributed by atoms with Crippen molar-refractivity contribution in [1.29, 1.82) is 0 Å². The molecule has 1 N–H and O–H groups in total. The van der Waals surface area contributed by atoms with Crippen molar-refractivity contribution in [2.75, 3.05) is 7.11 Å². The number of aromatic nitrogens is 1. The van der Waals surface area contributed by atoms with Crippen LogP contribution in [0.1, 0.15) is 37.6 Å². The SMILES string of the molecule is COc1ccc2c(c1)c(=O)c(CCC(=O)O)c(C)n2C(C)C. The van der Waals surface area contributed by atoms with E-state index in [2.05, 4.69) is 4.57 Å². The largest absolute Gasteiger partial charge is 0.497 e. The quantitative estimate of drug-likeness (QED) is 0.922. The van der Waals surface area contributed by atoms with E-state index in [1.54, 1.807) is 13.2 Å². The third kappa shape index (κ3) is 2.84. The molecule has 1 heterocycles. The number of fused-ring (bicyclic) bond motifs is 1. The summed E-state index contributed by atoms with van der Waals surface area (Å²) in [7, 11) is 1.56. The fraction of sp³-hybridized carbons (Fsp3) is 0.412. The van der Waals surface area contributed by atoms with Gasteiger partial charge >= 0.3 is 5.97 Å². The smallest absolute Gasteiger partial charge is 0.303 e. The van der Waals surface area contributed by atoms with E-state index < -0.39 is 5.97 Å². The zero-order valence-corrected chi connectivity index (χ0v) is 13.3. The van der Waals surface area contributed by atoms with Gasteiger partial charge < -0.3 is 14.4 Å². The molecule has 0 amide bonds. The van der Waals surface area contributed by atoms with Gasteiger partial charge in [-0.3, -0.25) is 9.59 Å². The van der Waals surface area contributed by atoms with E-state index in [1.165, 1.54) is 0 Å². The van der Waals surface area contributed by atoms with Gasteiger partial charge in [-0.05, 0) is 45.4 Å². The average molecular weight is 303 g/mol. The molecule has 0 spiro atoms. The van der Waals surface area contributed by atoms with Gasteiger partial charge in [0, 0.05) is 29.1 Å². The molecule has 118 valence electrons. The van der Waals surface area contributed by atoms with Crippen molar-refractivity contribution in [3.8, 4) is 5.75 Å². The van der Waals surface area contributed by atoms with E-state index in [0.29, 0.717) is 16.7 Å². The second kappa shape index (κ2) is 6.22. The Kier molecular flexibility index (Phi) is 4.54.